The minimum atomic E-state index is -0.880. The first-order valence-electron chi connectivity index (χ1n) is 14.0. The van der Waals surface area contributed by atoms with Crippen molar-refractivity contribution in [3.8, 4) is 5.75 Å². The lowest BCUT2D eigenvalue weighted by atomic mass is 9.73. The highest BCUT2D eigenvalue weighted by molar-refractivity contribution is 6.09. The number of nitrogens with one attached hydrogen (secondary N) is 4. The number of ether oxygens (including phenoxy) is 2. The third-order valence-electron chi connectivity index (χ3n) is 7.71. The van der Waals surface area contributed by atoms with Crippen LogP contribution in [0.15, 0.2) is 42.9 Å². The number of rotatable bonds is 9. The zero-order chi connectivity index (χ0) is 29.8. The van der Waals surface area contributed by atoms with Crippen molar-refractivity contribution in [3.05, 3.63) is 71.3 Å². The number of hydrogen-bond acceptors (Lipinski definition) is 8. The SMILES string of the molecule is CC(=O)NC1C(C)CC(c2ccncc2Nc2ncc(/C=C\C(=N)c3c(F)cc(OC4CCOC4)cc3F)[nH]2)CC1N. The molecule has 5 atom stereocenters. The lowest BCUT2D eigenvalue weighted by Crippen LogP contribution is -2.54. The van der Waals surface area contributed by atoms with Crippen LogP contribution in [0.25, 0.3) is 6.08 Å². The maximum absolute atomic E-state index is 14.7. The number of nitrogens with zero attached hydrogens (tertiary/aromatic N) is 2. The summed E-state index contributed by atoms with van der Waals surface area (Å²) in [6.07, 6.45) is 9.79. The molecule has 3 aromatic rings. The van der Waals surface area contributed by atoms with E-state index in [0.29, 0.717) is 37.7 Å². The van der Waals surface area contributed by atoms with E-state index in [1.54, 1.807) is 18.6 Å². The Morgan fingerprint density at radius 2 is 2.05 bits per heavy atom. The van der Waals surface area contributed by atoms with Crippen molar-refractivity contribution in [2.45, 2.75) is 57.2 Å². The molecule has 2 aromatic heterocycles. The molecule has 1 aliphatic heterocycles. The Bertz CT molecular complexity index is 1440. The molecule has 3 heterocycles. The van der Waals surface area contributed by atoms with Gasteiger partial charge in [-0.25, -0.2) is 13.8 Å². The Morgan fingerprint density at radius 3 is 2.74 bits per heavy atom. The van der Waals surface area contributed by atoms with Crippen LogP contribution in [0.4, 0.5) is 20.4 Å². The molecule has 1 saturated carbocycles. The highest BCUT2D eigenvalue weighted by Gasteiger charge is 2.35. The average molecular weight is 580 g/mol. The number of halogens is 2. The number of imidazole rings is 1. The van der Waals surface area contributed by atoms with E-state index in [1.807, 2.05) is 6.07 Å². The van der Waals surface area contributed by atoms with Crippen LogP contribution in [-0.4, -0.2) is 58.0 Å². The predicted molar refractivity (Wildman–Crippen MR) is 155 cm³/mol. The van der Waals surface area contributed by atoms with Crippen molar-refractivity contribution in [2.24, 2.45) is 11.7 Å². The Hall–Kier alpha value is -4.16. The van der Waals surface area contributed by atoms with Crippen LogP contribution in [0.3, 0.4) is 0 Å². The minimum Gasteiger partial charge on any atom is -0.488 e. The number of nitrogens with two attached hydrogens (primary N) is 1. The number of amides is 1. The number of anilines is 2. The molecule has 1 aromatic carbocycles. The average Bonchev–Trinajstić information content (AvgIpc) is 3.61. The topological polar surface area (TPSA) is 151 Å². The lowest BCUT2D eigenvalue weighted by molar-refractivity contribution is -0.120. The standard InChI is InChI=1S/C30H35F2N7O3/c1-16-9-18(10-26(34)29(16)37-17(2)40)22-5-7-35-14-27(22)39-30-36-13-19(38-30)3-4-25(33)28-23(31)11-21(12-24(28)32)42-20-6-8-41-15-20/h3-5,7,11-14,16,18,20,26,29,33H,6,8-10,15,34H2,1-2H3,(H,37,40)(H2,36,38,39)/b4-3-,33-25?. The summed E-state index contributed by atoms with van der Waals surface area (Å²) in [4.78, 5) is 23.3. The molecule has 1 amide bonds. The van der Waals surface area contributed by atoms with Crippen LogP contribution < -0.4 is 21.1 Å². The van der Waals surface area contributed by atoms with Gasteiger partial charge in [-0.05, 0) is 48.5 Å². The number of hydrogen-bond donors (Lipinski definition) is 5. The fraction of sp³-hybridized carbons (Fsp3) is 0.400. The normalized spacial score (nSPS) is 24.1. The molecule has 1 saturated heterocycles. The minimum absolute atomic E-state index is 0.0669. The Morgan fingerprint density at radius 1 is 1.26 bits per heavy atom. The first-order valence-corrected chi connectivity index (χ1v) is 14.0. The van der Waals surface area contributed by atoms with E-state index >= 15 is 0 Å². The maximum atomic E-state index is 14.7. The zero-order valence-corrected chi connectivity index (χ0v) is 23.5. The summed E-state index contributed by atoms with van der Waals surface area (Å²) in [5.41, 5.74) is 8.02. The Labute approximate surface area is 242 Å². The molecule has 0 bridgehead atoms. The number of benzene rings is 1. The molecule has 12 heteroatoms. The van der Waals surface area contributed by atoms with Crippen molar-refractivity contribution < 1.29 is 23.0 Å². The van der Waals surface area contributed by atoms with Gasteiger partial charge in [-0.1, -0.05) is 6.92 Å². The van der Waals surface area contributed by atoms with Gasteiger partial charge >= 0.3 is 0 Å². The number of aromatic amines is 1. The molecule has 42 heavy (non-hydrogen) atoms. The van der Waals surface area contributed by atoms with Crippen molar-refractivity contribution >= 4 is 29.3 Å². The number of aromatic nitrogens is 3. The van der Waals surface area contributed by atoms with Gasteiger partial charge in [-0.15, -0.1) is 0 Å². The van der Waals surface area contributed by atoms with Crippen LogP contribution in [0, 0.1) is 23.0 Å². The molecule has 2 fully saturated rings. The van der Waals surface area contributed by atoms with Gasteiger partial charge in [-0.3, -0.25) is 9.78 Å². The quantitative estimate of drug-likeness (QED) is 0.235. The van der Waals surface area contributed by atoms with Crippen LogP contribution in [0.1, 0.15) is 55.8 Å². The lowest BCUT2D eigenvalue weighted by Gasteiger charge is -2.39. The van der Waals surface area contributed by atoms with E-state index in [9.17, 15) is 13.6 Å². The smallest absolute Gasteiger partial charge is 0.217 e. The van der Waals surface area contributed by atoms with E-state index < -0.39 is 17.2 Å². The number of carbonyl (C=O) groups excluding carboxylic acids is 1. The third-order valence-corrected chi connectivity index (χ3v) is 7.71. The first kappa shape index (κ1) is 29.3. The number of carbonyl (C=O) groups is 1. The molecule has 5 unspecified atom stereocenters. The van der Waals surface area contributed by atoms with E-state index in [1.165, 1.54) is 19.1 Å². The molecule has 222 valence electrons. The predicted octanol–water partition coefficient (Wildman–Crippen LogP) is 4.42. The Balaban J connectivity index is 1.24. The van der Waals surface area contributed by atoms with Crippen molar-refractivity contribution in [2.75, 3.05) is 18.5 Å². The van der Waals surface area contributed by atoms with Crippen molar-refractivity contribution in [3.63, 3.8) is 0 Å². The maximum Gasteiger partial charge on any atom is 0.217 e. The summed E-state index contributed by atoms with van der Waals surface area (Å²) in [7, 11) is 0. The molecule has 6 N–H and O–H groups in total. The van der Waals surface area contributed by atoms with Gasteiger partial charge in [0.05, 0.1) is 48.3 Å². The zero-order valence-electron chi connectivity index (χ0n) is 23.5. The van der Waals surface area contributed by atoms with E-state index in [2.05, 4.69) is 32.5 Å². The van der Waals surface area contributed by atoms with Crippen molar-refractivity contribution in [1.82, 2.24) is 20.3 Å². The van der Waals surface area contributed by atoms with Crippen LogP contribution in [0.5, 0.6) is 5.75 Å². The fourth-order valence-corrected chi connectivity index (χ4v) is 5.73. The summed E-state index contributed by atoms with van der Waals surface area (Å²) < 4.78 is 40.3. The first-order chi connectivity index (χ1) is 20.2. The highest BCUT2D eigenvalue weighted by atomic mass is 19.1. The van der Waals surface area contributed by atoms with Gasteiger partial charge in [0.25, 0.3) is 0 Å². The largest absolute Gasteiger partial charge is 0.488 e. The summed E-state index contributed by atoms with van der Waals surface area (Å²) in [5.74, 6) is -0.984. The molecule has 0 radical (unpaired) electrons. The highest BCUT2D eigenvalue weighted by Crippen LogP contribution is 2.39. The van der Waals surface area contributed by atoms with Crippen LogP contribution in [-0.2, 0) is 9.53 Å². The van der Waals surface area contributed by atoms with Gasteiger partial charge in [0.15, 0.2) is 0 Å². The Kier molecular flexibility index (Phi) is 8.93. The second-order valence-corrected chi connectivity index (χ2v) is 10.9. The van der Waals surface area contributed by atoms with Crippen LogP contribution in [0.2, 0.25) is 0 Å². The molecule has 10 nitrogen and oxygen atoms in total. The molecular weight excluding hydrogens is 544 g/mol. The van der Waals surface area contributed by atoms with E-state index in [-0.39, 0.29) is 47.4 Å². The second kappa shape index (κ2) is 12.8. The number of allylic oxidation sites excluding steroid dienone is 1. The van der Waals surface area contributed by atoms with E-state index in [0.717, 1.165) is 29.8 Å². The summed E-state index contributed by atoms with van der Waals surface area (Å²) in [6.45, 7) is 4.52. The number of H-pyrrole nitrogens is 1. The monoisotopic (exact) mass is 579 g/mol. The van der Waals surface area contributed by atoms with Gasteiger partial charge in [0.1, 0.15) is 23.5 Å². The summed E-state index contributed by atoms with van der Waals surface area (Å²) >= 11 is 0. The van der Waals surface area contributed by atoms with Crippen molar-refractivity contribution in [1.29, 1.82) is 5.41 Å². The second-order valence-electron chi connectivity index (χ2n) is 10.9. The van der Waals surface area contributed by atoms with E-state index in [4.69, 9.17) is 20.6 Å². The molecule has 0 spiro atoms. The van der Waals surface area contributed by atoms with Gasteiger partial charge < -0.3 is 36.2 Å². The molecule has 5 rings (SSSR count). The fourth-order valence-electron chi connectivity index (χ4n) is 5.73. The molecular formula is C30H35F2N7O3. The molecule has 2 aliphatic rings. The van der Waals surface area contributed by atoms with Gasteiger partial charge in [-0.2, -0.15) is 0 Å². The van der Waals surface area contributed by atoms with Crippen LogP contribution >= 0.6 is 0 Å². The molecule has 1 aliphatic carbocycles. The van der Waals surface area contributed by atoms with Gasteiger partial charge in [0, 0.05) is 43.8 Å². The number of pyridine rings is 1. The van der Waals surface area contributed by atoms with Gasteiger partial charge in [0.2, 0.25) is 11.9 Å². The summed E-state index contributed by atoms with van der Waals surface area (Å²) in [6, 6.07) is 3.87. The third kappa shape index (κ3) is 6.82. The summed E-state index contributed by atoms with van der Waals surface area (Å²) in [5, 5.41) is 14.5.